The molecule has 0 heterocycles. The highest BCUT2D eigenvalue weighted by atomic mass is 32.2. The summed E-state index contributed by atoms with van der Waals surface area (Å²) in [5, 5.41) is 8.67. The number of hydrogen-bond acceptors (Lipinski definition) is 4. The van der Waals surface area contributed by atoms with Gasteiger partial charge in [-0.25, -0.2) is 13.2 Å². The first-order valence-corrected chi connectivity index (χ1v) is 6.62. The van der Waals surface area contributed by atoms with Crippen LogP contribution in [0.3, 0.4) is 0 Å². The Labute approximate surface area is 93.8 Å². The molecule has 1 aromatic rings. The van der Waals surface area contributed by atoms with Gasteiger partial charge in [-0.1, -0.05) is 12.1 Å². The van der Waals surface area contributed by atoms with Crippen LogP contribution in [-0.4, -0.2) is 31.5 Å². The summed E-state index contributed by atoms with van der Waals surface area (Å²) in [4.78, 5) is 10.6. The Kier molecular flexibility index (Phi) is 3.66. The third kappa shape index (κ3) is 3.63. The van der Waals surface area contributed by atoms with E-state index < -0.39 is 21.8 Å². The SMILES string of the molecule is CS(=O)(=O)CC(N)c1ccc(C(=O)O)cc1. The van der Waals surface area contributed by atoms with Gasteiger partial charge in [0.1, 0.15) is 9.84 Å². The van der Waals surface area contributed by atoms with Crippen molar-refractivity contribution in [2.24, 2.45) is 5.73 Å². The summed E-state index contributed by atoms with van der Waals surface area (Å²) in [7, 11) is -3.14. The van der Waals surface area contributed by atoms with Gasteiger partial charge in [0.25, 0.3) is 0 Å². The number of nitrogens with two attached hydrogens (primary N) is 1. The van der Waals surface area contributed by atoms with Gasteiger partial charge in [0.05, 0.1) is 11.3 Å². The molecule has 5 nitrogen and oxygen atoms in total. The van der Waals surface area contributed by atoms with Gasteiger partial charge in [-0.05, 0) is 17.7 Å². The first-order chi connectivity index (χ1) is 7.29. The van der Waals surface area contributed by atoms with Crippen molar-refractivity contribution in [2.45, 2.75) is 6.04 Å². The maximum absolute atomic E-state index is 11.0. The molecule has 0 saturated carbocycles. The third-order valence-corrected chi connectivity index (χ3v) is 3.03. The topological polar surface area (TPSA) is 97.5 Å². The second-order valence-corrected chi connectivity index (χ2v) is 5.81. The predicted molar refractivity (Wildman–Crippen MR) is 60.0 cm³/mol. The third-order valence-electron chi connectivity index (χ3n) is 2.07. The lowest BCUT2D eigenvalue weighted by Gasteiger charge is -2.10. The van der Waals surface area contributed by atoms with Crippen LogP contribution in [0.2, 0.25) is 0 Å². The van der Waals surface area contributed by atoms with Crippen molar-refractivity contribution in [3.63, 3.8) is 0 Å². The lowest BCUT2D eigenvalue weighted by Crippen LogP contribution is -2.20. The fourth-order valence-corrected chi connectivity index (χ4v) is 2.14. The number of aromatic carboxylic acids is 1. The molecular formula is C10H13NO4S. The van der Waals surface area contributed by atoms with Crippen molar-refractivity contribution in [2.75, 3.05) is 12.0 Å². The lowest BCUT2D eigenvalue weighted by molar-refractivity contribution is 0.0697. The van der Waals surface area contributed by atoms with Crippen LogP contribution in [0, 0.1) is 0 Å². The number of benzene rings is 1. The van der Waals surface area contributed by atoms with Crippen molar-refractivity contribution in [1.82, 2.24) is 0 Å². The van der Waals surface area contributed by atoms with E-state index in [1.165, 1.54) is 24.3 Å². The minimum absolute atomic E-state index is 0.148. The molecule has 0 aliphatic rings. The van der Waals surface area contributed by atoms with Gasteiger partial charge >= 0.3 is 5.97 Å². The molecule has 0 fully saturated rings. The maximum atomic E-state index is 11.0. The highest BCUT2D eigenvalue weighted by Gasteiger charge is 2.13. The van der Waals surface area contributed by atoms with E-state index in [9.17, 15) is 13.2 Å². The number of sulfone groups is 1. The Morgan fingerprint density at radius 1 is 1.38 bits per heavy atom. The average Bonchev–Trinajstić information content (AvgIpc) is 2.15. The molecule has 0 amide bonds. The zero-order valence-corrected chi connectivity index (χ0v) is 9.57. The highest BCUT2D eigenvalue weighted by Crippen LogP contribution is 2.13. The zero-order valence-electron chi connectivity index (χ0n) is 8.75. The molecule has 16 heavy (non-hydrogen) atoms. The van der Waals surface area contributed by atoms with Gasteiger partial charge in [0, 0.05) is 12.3 Å². The molecule has 1 unspecified atom stereocenters. The van der Waals surface area contributed by atoms with E-state index in [1.54, 1.807) is 0 Å². The molecule has 88 valence electrons. The second kappa shape index (κ2) is 4.63. The van der Waals surface area contributed by atoms with Crippen molar-refractivity contribution in [3.05, 3.63) is 35.4 Å². The molecule has 1 aromatic carbocycles. The summed E-state index contributed by atoms with van der Waals surface area (Å²) in [6, 6.07) is 5.23. The molecule has 0 aliphatic carbocycles. The maximum Gasteiger partial charge on any atom is 0.335 e. The van der Waals surface area contributed by atoms with Crippen LogP contribution in [0.1, 0.15) is 22.0 Å². The molecule has 0 saturated heterocycles. The monoisotopic (exact) mass is 243 g/mol. The molecule has 0 aromatic heterocycles. The summed E-state index contributed by atoms with van der Waals surface area (Å²) >= 11 is 0. The lowest BCUT2D eigenvalue weighted by atomic mass is 10.1. The van der Waals surface area contributed by atoms with Gasteiger partial charge in [0.2, 0.25) is 0 Å². The largest absolute Gasteiger partial charge is 0.478 e. The van der Waals surface area contributed by atoms with E-state index >= 15 is 0 Å². The smallest absolute Gasteiger partial charge is 0.335 e. The van der Waals surface area contributed by atoms with E-state index in [0.29, 0.717) is 5.56 Å². The van der Waals surface area contributed by atoms with Gasteiger partial charge in [-0.3, -0.25) is 0 Å². The van der Waals surface area contributed by atoms with Crippen molar-refractivity contribution >= 4 is 15.8 Å². The molecule has 0 bridgehead atoms. The first-order valence-electron chi connectivity index (χ1n) is 4.56. The van der Waals surface area contributed by atoms with Crippen molar-refractivity contribution < 1.29 is 18.3 Å². The average molecular weight is 243 g/mol. The Hall–Kier alpha value is -1.40. The Morgan fingerprint density at radius 3 is 2.25 bits per heavy atom. The summed E-state index contributed by atoms with van der Waals surface area (Å²) in [6.45, 7) is 0. The van der Waals surface area contributed by atoms with Crippen LogP contribution in [0.5, 0.6) is 0 Å². The van der Waals surface area contributed by atoms with E-state index in [4.69, 9.17) is 10.8 Å². The fraction of sp³-hybridized carbons (Fsp3) is 0.300. The van der Waals surface area contributed by atoms with E-state index in [0.717, 1.165) is 6.26 Å². The summed E-state index contributed by atoms with van der Waals surface area (Å²) in [5.74, 6) is -1.18. The molecule has 0 aliphatic heterocycles. The minimum Gasteiger partial charge on any atom is -0.478 e. The Balaban J connectivity index is 2.86. The number of hydrogen-bond donors (Lipinski definition) is 2. The molecule has 1 atom stereocenters. The van der Waals surface area contributed by atoms with Crippen LogP contribution in [0.4, 0.5) is 0 Å². The molecule has 1 rings (SSSR count). The van der Waals surface area contributed by atoms with Gasteiger partial charge < -0.3 is 10.8 Å². The van der Waals surface area contributed by atoms with Crippen molar-refractivity contribution in [3.8, 4) is 0 Å². The Bertz CT molecular complexity index is 478. The second-order valence-electron chi connectivity index (χ2n) is 3.63. The standard InChI is InChI=1S/C10H13NO4S/c1-16(14,15)6-9(11)7-2-4-8(5-3-7)10(12)13/h2-5,9H,6,11H2,1H3,(H,12,13). The Morgan fingerprint density at radius 2 is 1.88 bits per heavy atom. The number of carboxylic acid groups (broad SMARTS) is 1. The first kappa shape index (κ1) is 12.7. The highest BCUT2D eigenvalue weighted by molar-refractivity contribution is 7.90. The van der Waals surface area contributed by atoms with Crippen molar-refractivity contribution in [1.29, 1.82) is 0 Å². The molecule has 0 radical (unpaired) electrons. The van der Waals surface area contributed by atoms with E-state index in [2.05, 4.69) is 0 Å². The van der Waals surface area contributed by atoms with Crippen LogP contribution in [-0.2, 0) is 9.84 Å². The summed E-state index contributed by atoms with van der Waals surface area (Å²) in [5.41, 5.74) is 6.44. The van der Waals surface area contributed by atoms with Crippen LogP contribution in [0.25, 0.3) is 0 Å². The summed E-state index contributed by atoms with van der Waals surface area (Å²) in [6.07, 6.45) is 1.11. The molecule has 6 heteroatoms. The summed E-state index contributed by atoms with van der Waals surface area (Å²) < 4.78 is 22.0. The minimum atomic E-state index is -3.14. The van der Waals surface area contributed by atoms with Gasteiger partial charge in [0.15, 0.2) is 0 Å². The van der Waals surface area contributed by atoms with Crippen LogP contribution in [0.15, 0.2) is 24.3 Å². The van der Waals surface area contributed by atoms with Gasteiger partial charge in [-0.15, -0.1) is 0 Å². The molecule has 3 N–H and O–H groups in total. The van der Waals surface area contributed by atoms with Crippen LogP contribution >= 0.6 is 0 Å². The quantitative estimate of drug-likeness (QED) is 0.799. The van der Waals surface area contributed by atoms with E-state index in [-0.39, 0.29) is 11.3 Å². The number of rotatable bonds is 4. The zero-order chi connectivity index (χ0) is 12.3. The van der Waals surface area contributed by atoms with E-state index in [1.807, 2.05) is 0 Å². The number of carbonyl (C=O) groups is 1. The molecular weight excluding hydrogens is 230 g/mol. The fourth-order valence-electron chi connectivity index (χ4n) is 1.30. The van der Waals surface area contributed by atoms with Gasteiger partial charge in [-0.2, -0.15) is 0 Å². The molecule has 0 spiro atoms. The normalized spacial score (nSPS) is 13.4. The van der Waals surface area contributed by atoms with Crippen LogP contribution < -0.4 is 5.73 Å². The number of carboxylic acids is 1. The predicted octanol–water partition coefficient (Wildman–Crippen LogP) is 0.429.